The fraction of sp³-hybridized carbons (Fsp3) is 0.310. The van der Waals surface area contributed by atoms with E-state index in [1.54, 1.807) is 39.0 Å². The molecule has 5 nitrogen and oxygen atoms in total. The maximum atomic E-state index is 13.4. The van der Waals surface area contributed by atoms with Gasteiger partial charge in [-0.1, -0.05) is 35.9 Å². The number of terminal acetylenes is 1. The Morgan fingerprint density at radius 3 is 2.24 bits per heavy atom. The van der Waals surface area contributed by atoms with E-state index in [9.17, 15) is 22.8 Å². The van der Waals surface area contributed by atoms with E-state index in [0.29, 0.717) is 16.7 Å². The van der Waals surface area contributed by atoms with E-state index in [1.165, 1.54) is 23.1 Å². The number of hydrogen-bond donors (Lipinski definition) is 1. The number of carbonyl (C=O) groups is 2. The Kier molecular flexibility index (Phi) is 15.3. The van der Waals surface area contributed by atoms with Gasteiger partial charge in [-0.2, -0.15) is 13.2 Å². The third-order valence-electron chi connectivity index (χ3n) is 5.03. The minimum absolute atomic E-state index is 0.0738. The topological polar surface area (TPSA) is 66.8 Å². The molecule has 0 unspecified atom stereocenters. The number of nitrogens with zero attached hydrogens (tertiary/aromatic N) is 1. The van der Waals surface area contributed by atoms with Crippen molar-refractivity contribution in [2.75, 3.05) is 13.2 Å². The van der Waals surface area contributed by atoms with Gasteiger partial charge in [-0.15, -0.1) is 19.4 Å². The first kappa shape index (κ1) is 34.3. The summed E-state index contributed by atoms with van der Waals surface area (Å²) in [5.74, 6) is -1.05. The Labute approximate surface area is 227 Å². The van der Waals surface area contributed by atoms with Gasteiger partial charge in [-0.3, -0.25) is 4.79 Å². The summed E-state index contributed by atoms with van der Waals surface area (Å²) < 4.78 is 45.5. The minimum atomic E-state index is -4.58. The Hall–Kier alpha value is -3.70. The molecule has 0 saturated heterocycles. The van der Waals surface area contributed by atoms with E-state index in [4.69, 9.17) is 21.4 Å². The summed E-state index contributed by atoms with van der Waals surface area (Å²) in [6.45, 7) is 10.7. The van der Waals surface area contributed by atoms with Gasteiger partial charge in [0.2, 0.25) is 0 Å². The average molecular weight is 552 g/mol. The van der Waals surface area contributed by atoms with Crippen LogP contribution in [0.15, 0.2) is 60.7 Å². The molecule has 0 bridgehead atoms. The van der Waals surface area contributed by atoms with Gasteiger partial charge in [-0.05, 0) is 74.2 Å². The Bertz CT molecular complexity index is 1140. The number of alkyl halides is 3. The van der Waals surface area contributed by atoms with Gasteiger partial charge in [0, 0.05) is 23.7 Å². The number of carbonyl (C=O) groups excluding carboxylic acids is 1. The molecular weight excluding hydrogens is 519 g/mol. The quantitative estimate of drug-likeness (QED) is 0.266. The molecule has 38 heavy (non-hydrogen) atoms. The summed E-state index contributed by atoms with van der Waals surface area (Å²) in [5.41, 5.74) is 1.38. The molecular formula is C29H33ClF3NO4. The second-order valence-corrected chi connectivity index (χ2v) is 8.27. The van der Waals surface area contributed by atoms with Crippen LogP contribution >= 0.6 is 11.6 Å². The van der Waals surface area contributed by atoms with E-state index < -0.39 is 23.8 Å². The second-order valence-electron chi connectivity index (χ2n) is 7.87. The number of allylic oxidation sites excluding steroid dienone is 2. The normalized spacial score (nSPS) is 10.7. The number of hydrogen-bond acceptors (Lipinski definition) is 3. The average Bonchev–Trinajstić information content (AvgIpc) is 2.87. The summed E-state index contributed by atoms with van der Waals surface area (Å²) in [6, 6.07) is 7.77. The number of halogens is 4. The van der Waals surface area contributed by atoms with Gasteiger partial charge in [0.05, 0.1) is 12.0 Å². The highest BCUT2D eigenvalue weighted by molar-refractivity contribution is 6.33. The molecule has 2 rings (SSSR count). The molecule has 0 heterocycles. The largest absolute Gasteiger partial charge is 0.481 e. The summed E-state index contributed by atoms with van der Waals surface area (Å²) in [7, 11) is 0. The predicted molar refractivity (Wildman–Crippen MR) is 146 cm³/mol. The molecule has 0 aliphatic carbocycles. The van der Waals surface area contributed by atoms with Crippen molar-refractivity contribution in [3.8, 4) is 24.0 Å². The Morgan fingerprint density at radius 2 is 1.74 bits per heavy atom. The first-order chi connectivity index (χ1) is 17.9. The van der Waals surface area contributed by atoms with Crippen LogP contribution in [0.3, 0.4) is 0 Å². The Balaban J connectivity index is 0.00000255. The van der Waals surface area contributed by atoms with Gasteiger partial charge in [0.15, 0.2) is 0 Å². The first-order valence-corrected chi connectivity index (χ1v) is 11.9. The predicted octanol–water partition coefficient (Wildman–Crippen LogP) is 8.02. The fourth-order valence-electron chi connectivity index (χ4n) is 3.09. The molecule has 206 valence electrons. The number of benzene rings is 2. The Morgan fingerprint density at radius 1 is 1.13 bits per heavy atom. The van der Waals surface area contributed by atoms with E-state index in [1.807, 2.05) is 6.92 Å². The molecule has 9 heteroatoms. The monoisotopic (exact) mass is 551 g/mol. The minimum Gasteiger partial charge on any atom is -0.481 e. The van der Waals surface area contributed by atoms with Crippen LogP contribution in [0.5, 0.6) is 0 Å². The van der Waals surface area contributed by atoms with Crippen LogP contribution in [0.2, 0.25) is 5.02 Å². The van der Waals surface area contributed by atoms with Crippen LogP contribution in [-0.4, -0.2) is 35.2 Å². The molecule has 0 fully saturated rings. The van der Waals surface area contributed by atoms with E-state index in [-0.39, 0.29) is 36.7 Å². The van der Waals surface area contributed by atoms with Gasteiger partial charge in [-0.25, -0.2) is 4.79 Å². The van der Waals surface area contributed by atoms with Crippen molar-refractivity contribution in [2.45, 2.75) is 46.8 Å². The van der Waals surface area contributed by atoms with Crippen LogP contribution in [0, 0.1) is 12.8 Å². The molecule has 2 aromatic rings. The van der Waals surface area contributed by atoms with Gasteiger partial charge in [0.25, 0.3) is 0 Å². The molecule has 0 radical (unpaired) electrons. The zero-order chi connectivity index (χ0) is 29.5. The van der Waals surface area contributed by atoms with Crippen molar-refractivity contribution in [3.63, 3.8) is 0 Å². The third kappa shape index (κ3) is 11.1. The van der Waals surface area contributed by atoms with Crippen LogP contribution < -0.4 is 0 Å². The highest BCUT2D eigenvalue weighted by Gasteiger charge is 2.31. The van der Waals surface area contributed by atoms with Crippen LogP contribution in [-0.2, 0) is 28.7 Å². The standard InChI is InChI=1S/C24H25ClF3NO4.C3H6.C2H2/c1-4-15(3)14-33-23(32)29(5-2)13-17-12-18(24(26,27)28)7-8-19(17)20-10-16(11-22(30)31)6-9-21(20)25;1-3-2;1-2/h4,6-10,12H,5,11,13-14H2,1-3H3,(H,30,31);3H,1H2,2H3;1-2H/b15-4+;;. The smallest absolute Gasteiger partial charge is 0.416 e. The zero-order valence-corrected chi connectivity index (χ0v) is 22.7. The molecule has 2 aromatic carbocycles. The van der Waals surface area contributed by atoms with Crippen molar-refractivity contribution >= 4 is 23.7 Å². The van der Waals surface area contributed by atoms with E-state index in [2.05, 4.69) is 19.4 Å². The van der Waals surface area contributed by atoms with Crippen molar-refractivity contribution in [1.29, 1.82) is 0 Å². The van der Waals surface area contributed by atoms with E-state index in [0.717, 1.165) is 17.7 Å². The number of amides is 1. The lowest BCUT2D eigenvalue weighted by atomic mass is 9.95. The van der Waals surface area contributed by atoms with Gasteiger partial charge >= 0.3 is 18.2 Å². The fourth-order valence-corrected chi connectivity index (χ4v) is 3.31. The highest BCUT2D eigenvalue weighted by Crippen LogP contribution is 2.37. The van der Waals surface area contributed by atoms with Gasteiger partial charge < -0.3 is 14.7 Å². The summed E-state index contributed by atoms with van der Waals surface area (Å²) in [6.07, 6.45) is 6.04. The van der Waals surface area contributed by atoms with Crippen molar-refractivity contribution in [3.05, 3.63) is 82.4 Å². The molecule has 0 atom stereocenters. The highest BCUT2D eigenvalue weighted by atomic mass is 35.5. The molecule has 0 aliphatic heterocycles. The lowest BCUT2D eigenvalue weighted by molar-refractivity contribution is -0.138. The number of carboxylic acids is 1. The molecule has 0 aliphatic rings. The molecule has 0 aromatic heterocycles. The first-order valence-electron chi connectivity index (χ1n) is 11.5. The number of ether oxygens (including phenoxy) is 1. The number of aliphatic carboxylic acids is 1. The lowest BCUT2D eigenvalue weighted by Crippen LogP contribution is -2.31. The van der Waals surface area contributed by atoms with Crippen LogP contribution in [0.4, 0.5) is 18.0 Å². The van der Waals surface area contributed by atoms with Gasteiger partial charge in [0.1, 0.15) is 6.61 Å². The number of rotatable bonds is 8. The van der Waals surface area contributed by atoms with Crippen LogP contribution in [0.1, 0.15) is 44.4 Å². The second kappa shape index (κ2) is 16.9. The maximum absolute atomic E-state index is 13.4. The number of carboxylic acid groups (broad SMARTS) is 1. The molecule has 1 amide bonds. The van der Waals surface area contributed by atoms with Crippen molar-refractivity contribution in [2.24, 2.45) is 0 Å². The van der Waals surface area contributed by atoms with E-state index >= 15 is 0 Å². The maximum Gasteiger partial charge on any atom is 0.416 e. The summed E-state index contributed by atoms with van der Waals surface area (Å²) in [4.78, 5) is 24.9. The SMILES string of the molecule is C#C.C/C=C(\C)COC(=O)N(CC)Cc1cc(C(F)(F)F)ccc1-c1cc(CC(=O)O)ccc1Cl.C=CC. The summed E-state index contributed by atoms with van der Waals surface area (Å²) in [5, 5.41) is 9.33. The van der Waals surface area contributed by atoms with Crippen molar-refractivity contribution < 1.29 is 32.6 Å². The molecule has 1 N–H and O–H groups in total. The van der Waals surface area contributed by atoms with Crippen LogP contribution in [0.25, 0.3) is 11.1 Å². The summed E-state index contributed by atoms with van der Waals surface area (Å²) >= 11 is 6.32. The molecule has 0 saturated carbocycles. The third-order valence-corrected chi connectivity index (χ3v) is 5.36. The zero-order valence-electron chi connectivity index (χ0n) is 21.9. The lowest BCUT2D eigenvalue weighted by Gasteiger charge is -2.23. The molecule has 0 spiro atoms. The van der Waals surface area contributed by atoms with Crippen molar-refractivity contribution in [1.82, 2.24) is 4.90 Å².